The van der Waals surface area contributed by atoms with Crippen LogP contribution in [-0.4, -0.2) is 21.1 Å². The highest BCUT2D eigenvalue weighted by Crippen LogP contribution is 2.50. The van der Waals surface area contributed by atoms with Gasteiger partial charge in [0.2, 0.25) is 0 Å². The minimum absolute atomic E-state index is 1.07. The summed E-state index contributed by atoms with van der Waals surface area (Å²) in [4.78, 5) is 7.37. The molecule has 0 aromatic heterocycles. The van der Waals surface area contributed by atoms with Gasteiger partial charge in [-0.3, -0.25) is 0 Å². The lowest BCUT2D eigenvalue weighted by Crippen LogP contribution is -2.24. The Morgan fingerprint density at radius 3 is 0.377 bits per heavy atom. The van der Waals surface area contributed by atoms with Crippen molar-refractivity contribution in [3.05, 3.63) is 167 Å². The Hall–Kier alpha value is -5.28. The number of nitrogens with zero attached hydrogens (tertiary/aromatic N) is 3. The summed E-state index contributed by atoms with van der Waals surface area (Å²) < 4.78 is 0. The molecular weight excluding hydrogens is 835 g/mol. The van der Waals surface area contributed by atoms with Crippen molar-refractivity contribution in [3.63, 3.8) is 0 Å². The van der Waals surface area contributed by atoms with Crippen LogP contribution in [-0.2, 0) is 19.3 Å². The maximum atomic E-state index is 2.46. The van der Waals surface area contributed by atoms with Gasteiger partial charge in [0.15, 0.2) is 0 Å². The van der Waals surface area contributed by atoms with E-state index in [0.717, 1.165) is 19.3 Å². The maximum absolute atomic E-state index is 2.46. The molecule has 0 saturated carbocycles. The lowest BCUT2D eigenvalue weighted by Gasteiger charge is -2.37. The van der Waals surface area contributed by atoms with Crippen molar-refractivity contribution in [1.29, 1.82) is 0 Å². The summed E-state index contributed by atoms with van der Waals surface area (Å²) in [6.45, 7) is 54.7. The fourth-order valence-corrected chi connectivity index (χ4v) is 13.1. The second kappa shape index (κ2) is 18.2. The number of rotatable bonds is 0. The van der Waals surface area contributed by atoms with Crippen LogP contribution in [0, 0.1) is 166 Å². The van der Waals surface area contributed by atoms with Gasteiger partial charge in [-0.25, -0.2) is 0 Å². The zero-order valence-corrected chi connectivity index (χ0v) is 48.5. The predicted octanol–water partition coefficient (Wildman–Crippen LogP) is 17.5. The molecular formula is C66H87N3. The van der Waals surface area contributed by atoms with Crippen molar-refractivity contribution >= 4 is 34.1 Å². The summed E-state index contributed by atoms with van der Waals surface area (Å²) in [6, 6.07) is 0. The van der Waals surface area contributed by atoms with Crippen LogP contribution in [0.15, 0.2) is 0 Å². The van der Waals surface area contributed by atoms with E-state index in [4.69, 9.17) is 0 Å². The van der Waals surface area contributed by atoms with E-state index in [0.29, 0.717) is 0 Å². The topological polar surface area (TPSA) is 9.72 Å². The van der Waals surface area contributed by atoms with E-state index in [9.17, 15) is 0 Å². The first-order valence-corrected chi connectivity index (χ1v) is 25.8. The van der Waals surface area contributed by atoms with Crippen LogP contribution >= 0.6 is 0 Å². The lowest BCUT2D eigenvalue weighted by molar-refractivity contribution is 0.975. The van der Waals surface area contributed by atoms with Crippen LogP contribution in [0.3, 0.4) is 0 Å². The molecule has 69 heavy (non-hydrogen) atoms. The average Bonchev–Trinajstić information content (AvgIpc) is 3.32. The summed E-state index contributed by atoms with van der Waals surface area (Å²) in [7, 11) is 6.75. The third-order valence-electron chi connectivity index (χ3n) is 19.8. The minimum Gasteiger partial charge on any atom is -0.344 e. The Balaban J connectivity index is 0.000000153. The molecule has 0 saturated heterocycles. The average molecular weight is 922 g/mol. The van der Waals surface area contributed by atoms with Crippen molar-refractivity contribution in [2.24, 2.45) is 0 Å². The SMILES string of the molecule is Cc1c(C)c(C)c2c(c1C)Cc1c(C)c(C)c(C)c(C)c1N2C.Cc1c(C)c(C)c2c(c1C)Cc1c(C)c(C)c(C)c(C)c1N2C.Cc1c(C)c(C)c2c(c1C)Cc1c(C)c(C)c(C)c(C)c1N2C. The zero-order chi connectivity index (χ0) is 51.6. The summed E-state index contributed by atoms with van der Waals surface area (Å²) in [5, 5.41) is 0. The van der Waals surface area contributed by atoms with Crippen LogP contribution in [0.5, 0.6) is 0 Å². The first kappa shape index (κ1) is 51.6. The zero-order valence-electron chi connectivity index (χ0n) is 48.5. The Labute approximate surface area is 420 Å². The second-order valence-electron chi connectivity index (χ2n) is 22.2. The molecule has 3 heterocycles. The van der Waals surface area contributed by atoms with Crippen molar-refractivity contribution in [3.8, 4) is 0 Å². The minimum atomic E-state index is 1.07. The Kier molecular flexibility index (Phi) is 13.6. The second-order valence-corrected chi connectivity index (χ2v) is 22.2. The summed E-state index contributed by atoms with van der Waals surface area (Å²) in [5.41, 5.74) is 52.5. The first-order valence-electron chi connectivity index (χ1n) is 25.8. The van der Waals surface area contributed by atoms with Crippen LogP contribution in [0.2, 0.25) is 0 Å². The van der Waals surface area contributed by atoms with E-state index >= 15 is 0 Å². The van der Waals surface area contributed by atoms with Gasteiger partial charge in [0, 0.05) is 74.5 Å². The molecule has 0 radical (unpaired) electrons. The smallest absolute Gasteiger partial charge is 0.0479 e. The van der Waals surface area contributed by atoms with Gasteiger partial charge in [-0.2, -0.15) is 0 Å². The Morgan fingerprint density at radius 2 is 0.261 bits per heavy atom. The molecule has 3 nitrogen and oxygen atoms in total. The normalized spacial score (nSPS) is 13.2. The molecule has 3 aliphatic rings. The summed E-state index contributed by atoms with van der Waals surface area (Å²) in [6.07, 6.45) is 3.20. The highest BCUT2D eigenvalue weighted by Gasteiger charge is 2.32. The highest BCUT2D eigenvalue weighted by atomic mass is 15.1. The fraction of sp³-hybridized carbons (Fsp3) is 0.455. The molecule has 0 spiro atoms. The van der Waals surface area contributed by atoms with E-state index in [1.54, 1.807) is 0 Å². The van der Waals surface area contributed by atoms with Crippen LogP contribution in [0.25, 0.3) is 0 Å². The molecule has 9 rings (SSSR count). The predicted molar refractivity (Wildman–Crippen MR) is 305 cm³/mol. The summed E-state index contributed by atoms with van der Waals surface area (Å²) >= 11 is 0. The molecule has 0 fully saturated rings. The molecule has 0 atom stereocenters. The standard InChI is InChI=1S/3C22H29N/c3*1-11-13(3)17(7)21-19(15(11)5)10-20-16(6)12(2)14(4)18(8)22(20)23(21)9/h3*10H2,1-9H3. The number of anilines is 6. The molecule has 0 aliphatic carbocycles. The molecule has 0 unspecified atom stereocenters. The first-order chi connectivity index (χ1) is 32.0. The third kappa shape index (κ3) is 7.58. The van der Waals surface area contributed by atoms with Gasteiger partial charge >= 0.3 is 0 Å². The number of fused-ring (bicyclic) bond motifs is 6. The monoisotopic (exact) mass is 922 g/mol. The Morgan fingerprint density at radius 1 is 0.159 bits per heavy atom. The number of hydrogen-bond donors (Lipinski definition) is 0. The molecule has 6 aromatic carbocycles. The molecule has 3 aliphatic heterocycles. The van der Waals surface area contributed by atoms with Gasteiger partial charge < -0.3 is 14.7 Å². The van der Waals surface area contributed by atoms with E-state index < -0.39 is 0 Å². The van der Waals surface area contributed by atoms with Crippen molar-refractivity contribution in [1.82, 2.24) is 0 Å². The molecule has 0 bridgehead atoms. The fourth-order valence-electron chi connectivity index (χ4n) is 13.1. The van der Waals surface area contributed by atoms with E-state index in [-0.39, 0.29) is 0 Å². The summed E-state index contributed by atoms with van der Waals surface area (Å²) in [5.74, 6) is 0. The molecule has 366 valence electrons. The number of benzene rings is 6. The molecule has 3 heteroatoms. The Bertz CT molecular complexity index is 2650. The van der Waals surface area contributed by atoms with Gasteiger partial charge in [0.25, 0.3) is 0 Å². The van der Waals surface area contributed by atoms with Crippen molar-refractivity contribution in [2.45, 2.75) is 185 Å². The van der Waals surface area contributed by atoms with Crippen molar-refractivity contribution in [2.75, 3.05) is 35.8 Å². The van der Waals surface area contributed by atoms with Gasteiger partial charge in [0.05, 0.1) is 0 Å². The van der Waals surface area contributed by atoms with Gasteiger partial charge in [-0.15, -0.1) is 0 Å². The van der Waals surface area contributed by atoms with Gasteiger partial charge in [-0.05, 0) is 333 Å². The van der Waals surface area contributed by atoms with Crippen LogP contribution < -0.4 is 14.7 Å². The van der Waals surface area contributed by atoms with E-state index in [2.05, 4.69) is 202 Å². The van der Waals surface area contributed by atoms with Gasteiger partial charge in [0.1, 0.15) is 0 Å². The molecule has 6 aromatic rings. The number of hydrogen-bond acceptors (Lipinski definition) is 3. The molecule has 0 amide bonds. The van der Waals surface area contributed by atoms with Gasteiger partial charge in [-0.1, -0.05) is 0 Å². The highest BCUT2D eigenvalue weighted by molar-refractivity contribution is 5.86. The third-order valence-corrected chi connectivity index (χ3v) is 19.8. The van der Waals surface area contributed by atoms with E-state index in [1.807, 2.05) is 0 Å². The quantitative estimate of drug-likeness (QED) is 0.150. The lowest BCUT2D eigenvalue weighted by atomic mass is 9.81. The maximum Gasteiger partial charge on any atom is 0.0479 e. The molecule has 0 N–H and O–H groups in total. The van der Waals surface area contributed by atoms with Crippen LogP contribution in [0.4, 0.5) is 34.1 Å². The van der Waals surface area contributed by atoms with Crippen LogP contribution in [0.1, 0.15) is 167 Å². The van der Waals surface area contributed by atoms with E-state index in [1.165, 1.54) is 201 Å². The largest absolute Gasteiger partial charge is 0.344 e. The van der Waals surface area contributed by atoms with Crippen molar-refractivity contribution < 1.29 is 0 Å².